The Balaban J connectivity index is 0.000000360. The van der Waals surface area contributed by atoms with Gasteiger partial charge in [-0.05, 0) is 38.4 Å². The Morgan fingerprint density at radius 1 is 1.09 bits per heavy atom. The van der Waals surface area contributed by atoms with Crippen LogP contribution in [0, 0.1) is 0 Å². The van der Waals surface area contributed by atoms with Crippen LogP contribution in [0.25, 0.3) is 0 Å². The van der Waals surface area contributed by atoms with Crippen LogP contribution < -0.4 is 0 Å². The molecule has 32 heavy (non-hydrogen) atoms. The zero-order valence-corrected chi connectivity index (χ0v) is 17.8. The van der Waals surface area contributed by atoms with Gasteiger partial charge in [-0.2, -0.15) is 18.3 Å². The smallest absolute Gasteiger partial charge is 0.475 e. The molecule has 1 fully saturated rings. The summed E-state index contributed by atoms with van der Waals surface area (Å²) >= 11 is 0. The van der Waals surface area contributed by atoms with Crippen molar-refractivity contribution in [1.29, 1.82) is 0 Å². The average Bonchev–Trinajstić information content (AvgIpc) is 3.42. The van der Waals surface area contributed by atoms with Crippen molar-refractivity contribution < 1.29 is 27.9 Å². The minimum absolute atomic E-state index is 0.108. The molecule has 0 bridgehead atoms. The van der Waals surface area contributed by atoms with Gasteiger partial charge >= 0.3 is 12.1 Å². The first-order chi connectivity index (χ1) is 15.1. The van der Waals surface area contributed by atoms with Crippen molar-refractivity contribution in [2.75, 3.05) is 19.6 Å². The molecule has 2 aromatic rings. The van der Waals surface area contributed by atoms with Crippen LogP contribution in [0.1, 0.15) is 36.6 Å². The summed E-state index contributed by atoms with van der Waals surface area (Å²) in [5.41, 5.74) is 0.813. The number of fused-ring (bicyclic) bond motifs is 1. The van der Waals surface area contributed by atoms with Crippen LogP contribution in [0.3, 0.4) is 0 Å². The highest BCUT2D eigenvalue weighted by Gasteiger charge is 2.38. The first-order valence-electron chi connectivity index (χ1n) is 10.3. The van der Waals surface area contributed by atoms with Gasteiger partial charge in [0.05, 0.1) is 25.2 Å². The minimum atomic E-state index is -5.08. The number of amides is 1. The van der Waals surface area contributed by atoms with E-state index in [1.165, 1.54) is 12.8 Å². The summed E-state index contributed by atoms with van der Waals surface area (Å²) in [5.74, 6) is -0.708. The molecule has 176 valence electrons. The summed E-state index contributed by atoms with van der Waals surface area (Å²) in [7, 11) is 1.87. The predicted molar refractivity (Wildman–Crippen MR) is 105 cm³/mol. The molecular weight excluding hydrogens is 431 g/mol. The van der Waals surface area contributed by atoms with Crippen molar-refractivity contribution in [3.05, 3.63) is 29.6 Å². The van der Waals surface area contributed by atoms with Crippen LogP contribution in [0.5, 0.6) is 0 Å². The van der Waals surface area contributed by atoms with Gasteiger partial charge in [0, 0.05) is 26.3 Å². The number of hydrogen-bond acceptors (Lipinski definition) is 6. The van der Waals surface area contributed by atoms with Gasteiger partial charge in [0.15, 0.2) is 5.82 Å². The molecule has 13 heteroatoms. The lowest BCUT2D eigenvalue weighted by molar-refractivity contribution is -0.192. The van der Waals surface area contributed by atoms with Crippen molar-refractivity contribution in [3.8, 4) is 0 Å². The van der Waals surface area contributed by atoms with Crippen molar-refractivity contribution in [2.24, 2.45) is 7.05 Å². The topological polar surface area (TPSA) is 109 Å². The maximum atomic E-state index is 12.6. The van der Waals surface area contributed by atoms with Gasteiger partial charge in [-0.1, -0.05) is 0 Å². The molecule has 1 amide bonds. The number of aryl methyl sites for hydroxylation is 1. The fourth-order valence-corrected chi connectivity index (χ4v) is 3.71. The molecule has 1 saturated heterocycles. The van der Waals surface area contributed by atoms with Crippen molar-refractivity contribution in [1.82, 2.24) is 34.3 Å². The highest BCUT2D eigenvalue weighted by atomic mass is 19.4. The van der Waals surface area contributed by atoms with Crippen LogP contribution in [0.15, 0.2) is 12.3 Å². The Bertz CT molecular complexity index is 935. The lowest BCUT2D eigenvalue weighted by Crippen LogP contribution is -2.32. The molecule has 4 heterocycles. The number of hydrogen-bond donors (Lipinski definition) is 1. The standard InChI is InChI=1S/C17H25N7O.C2HF3O2/c1-21-10-5-14(20-21)11-17(25)23-8-4-9-24-15(18-19-16(24)13-23)12-22-6-2-3-7-22;3-2(4,5)1(6)7/h5,10H,2-4,6-9,11-13H2,1H3;(H,6,7). The fraction of sp³-hybridized carbons (Fsp3) is 0.632. The number of halogens is 3. The molecule has 1 N–H and O–H groups in total. The summed E-state index contributed by atoms with van der Waals surface area (Å²) in [5, 5.41) is 20.2. The zero-order valence-electron chi connectivity index (χ0n) is 17.8. The average molecular weight is 457 g/mol. The second-order valence-electron chi connectivity index (χ2n) is 7.80. The van der Waals surface area contributed by atoms with Gasteiger partial charge in [0.25, 0.3) is 0 Å². The van der Waals surface area contributed by atoms with Gasteiger partial charge in [-0.3, -0.25) is 14.4 Å². The van der Waals surface area contributed by atoms with E-state index < -0.39 is 12.1 Å². The molecule has 0 unspecified atom stereocenters. The quantitative estimate of drug-likeness (QED) is 0.735. The first kappa shape index (κ1) is 23.7. The molecule has 0 saturated carbocycles. The van der Waals surface area contributed by atoms with Gasteiger partial charge in [0.2, 0.25) is 5.91 Å². The van der Waals surface area contributed by atoms with Crippen LogP contribution in [-0.2, 0) is 42.7 Å². The number of aliphatic carboxylic acids is 1. The Hall–Kier alpha value is -2.96. The Labute approximate surface area is 182 Å². The van der Waals surface area contributed by atoms with E-state index in [2.05, 4.69) is 24.8 Å². The van der Waals surface area contributed by atoms with E-state index in [4.69, 9.17) is 9.90 Å². The lowest BCUT2D eigenvalue weighted by atomic mass is 10.2. The van der Waals surface area contributed by atoms with E-state index in [1.807, 2.05) is 24.2 Å². The zero-order chi connectivity index (χ0) is 23.3. The SMILES string of the molecule is Cn1ccc(CC(=O)N2CCCn3c(CN4CCCC4)nnc3C2)n1.O=C(O)C(F)(F)F. The number of carbonyl (C=O) groups excluding carboxylic acids is 1. The van der Waals surface area contributed by atoms with Gasteiger partial charge in [-0.25, -0.2) is 4.79 Å². The molecule has 2 aliphatic heterocycles. The van der Waals surface area contributed by atoms with Crippen molar-refractivity contribution in [3.63, 3.8) is 0 Å². The van der Waals surface area contributed by atoms with E-state index in [9.17, 15) is 18.0 Å². The third-order valence-electron chi connectivity index (χ3n) is 5.31. The summed E-state index contributed by atoms with van der Waals surface area (Å²) < 4.78 is 35.7. The van der Waals surface area contributed by atoms with E-state index in [0.29, 0.717) is 13.0 Å². The third-order valence-corrected chi connectivity index (χ3v) is 5.31. The second-order valence-corrected chi connectivity index (χ2v) is 7.80. The van der Waals surface area contributed by atoms with E-state index in [0.717, 1.165) is 56.5 Å². The van der Waals surface area contributed by atoms with E-state index >= 15 is 0 Å². The maximum Gasteiger partial charge on any atom is 0.490 e. The predicted octanol–water partition coefficient (Wildman–Crippen LogP) is 1.22. The summed E-state index contributed by atoms with van der Waals surface area (Å²) in [4.78, 5) is 25.9. The number of carbonyl (C=O) groups is 2. The van der Waals surface area contributed by atoms with Crippen LogP contribution in [0.4, 0.5) is 13.2 Å². The monoisotopic (exact) mass is 457 g/mol. The number of carboxylic acids is 1. The molecule has 0 atom stereocenters. The summed E-state index contributed by atoms with van der Waals surface area (Å²) in [6.07, 6.45) is 0.613. The van der Waals surface area contributed by atoms with E-state index in [1.54, 1.807) is 4.68 Å². The third kappa shape index (κ3) is 6.28. The largest absolute Gasteiger partial charge is 0.490 e. The number of likely N-dealkylation sites (tertiary alicyclic amines) is 1. The Morgan fingerprint density at radius 3 is 2.38 bits per heavy atom. The maximum absolute atomic E-state index is 12.6. The number of carboxylic acid groups (broad SMARTS) is 1. The van der Waals surface area contributed by atoms with Crippen LogP contribution in [0.2, 0.25) is 0 Å². The number of nitrogens with zero attached hydrogens (tertiary/aromatic N) is 7. The molecule has 4 rings (SSSR count). The second kappa shape index (κ2) is 10.1. The van der Waals surface area contributed by atoms with Gasteiger partial charge < -0.3 is 14.6 Å². The first-order valence-corrected chi connectivity index (χ1v) is 10.3. The number of rotatable bonds is 4. The van der Waals surface area contributed by atoms with Crippen molar-refractivity contribution >= 4 is 11.9 Å². The van der Waals surface area contributed by atoms with Gasteiger partial charge in [-0.15, -0.1) is 10.2 Å². The van der Waals surface area contributed by atoms with Crippen molar-refractivity contribution in [2.45, 2.75) is 51.5 Å². The number of alkyl halides is 3. The Morgan fingerprint density at radius 2 is 1.78 bits per heavy atom. The lowest BCUT2D eigenvalue weighted by Gasteiger charge is -2.18. The Kier molecular flexibility index (Phi) is 7.48. The summed E-state index contributed by atoms with van der Waals surface area (Å²) in [6.45, 7) is 5.36. The molecular formula is C19H26F3N7O3. The molecule has 2 aromatic heterocycles. The highest BCUT2D eigenvalue weighted by molar-refractivity contribution is 5.78. The summed E-state index contributed by atoms with van der Waals surface area (Å²) in [6, 6.07) is 1.90. The molecule has 0 spiro atoms. The molecule has 10 nitrogen and oxygen atoms in total. The van der Waals surface area contributed by atoms with E-state index in [-0.39, 0.29) is 5.91 Å². The molecule has 0 aromatic carbocycles. The minimum Gasteiger partial charge on any atom is -0.475 e. The van der Waals surface area contributed by atoms with Crippen LogP contribution in [-0.4, -0.2) is 77.1 Å². The normalized spacial score (nSPS) is 16.8. The molecule has 2 aliphatic rings. The molecule has 0 aliphatic carbocycles. The highest BCUT2D eigenvalue weighted by Crippen LogP contribution is 2.17. The fourth-order valence-electron chi connectivity index (χ4n) is 3.71. The molecule has 0 radical (unpaired) electrons. The number of aromatic nitrogens is 5. The van der Waals surface area contributed by atoms with Crippen LogP contribution >= 0.6 is 0 Å². The van der Waals surface area contributed by atoms with Gasteiger partial charge in [0.1, 0.15) is 5.82 Å².